The molecular weight excluding hydrogens is 337 g/mol. The number of hydrogen-bond donors (Lipinski definition) is 0. The third-order valence-corrected chi connectivity index (χ3v) is 3.49. The second-order valence-corrected chi connectivity index (χ2v) is 5.06. The predicted octanol–water partition coefficient (Wildman–Crippen LogP) is 4.46. The molecule has 1 aromatic carbocycles. The average Bonchev–Trinajstić information content (AvgIpc) is 2.40. The largest absolute Gasteiger partial charge is 0.486 e. The van der Waals surface area contributed by atoms with E-state index in [0.717, 1.165) is 12.2 Å². The van der Waals surface area contributed by atoms with E-state index in [0.29, 0.717) is 22.1 Å². The van der Waals surface area contributed by atoms with Gasteiger partial charge in [-0.05, 0) is 24.3 Å². The maximum atomic E-state index is 12.4. The highest BCUT2D eigenvalue weighted by Crippen LogP contribution is 2.30. The highest BCUT2D eigenvalue weighted by Gasteiger charge is 2.33. The van der Waals surface area contributed by atoms with Crippen LogP contribution in [0.4, 0.5) is 13.2 Å². The van der Waals surface area contributed by atoms with Crippen molar-refractivity contribution in [3.05, 3.63) is 52.0 Å². The molecule has 1 aliphatic carbocycles. The summed E-state index contributed by atoms with van der Waals surface area (Å²) in [6.07, 6.45) is -0.512. The smallest absolute Gasteiger partial charge is 0.416 e. The molecule has 0 heterocycles. The fourth-order valence-electron chi connectivity index (χ4n) is 1.76. The Hall–Kier alpha value is -1.56. The molecule has 1 atom stereocenters. The highest BCUT2D eigenvalue weighted by molar-refractivity contribution is 9.10. The van der Waals surface area contributed by atoms with Gasteiger partial charge in [-0.1, -0.05) is 28.1 Å². The summed E-state index contributed by atoms with van der Waals surface area (Å²) in [4.78, 5) is 10.8. The number of benzene rings is 1. The number of ether oxygens (including phenoxy) is 1. The van der Waals surface area contributed by atoms with Crippen molar-refractivity contribution in [3.63, 3.8) is 0 Å². The van der Waals surface area contributed by atoms with Gasteiger partial charge in [-0.25, -0.2) is 0 Å². The van der Waals surface area contributed by atoms with Crippen LogP contribution < -0.4 is 4.74 Å². The van der Waals surface area contributed by atoms with E-state index in [1.54, 1.807) is 12.1 Å². The average molecular weight is 347 g/mol. The van der Waals surface area contributed by atoms with Crippen LogP contribution in [0.15, 0.2) is 46.5 Å². The molecule has 20 heavy (non-hydrogen) atoms. The lowest BCUT2D eigenvalue weighted by Gasteiger charge is -2.19. The molecule has 1 aromatic rings. The second-order valence-electron chi connectivity index (χ2n) is 4.21. The molecule has 0 fully saturated rings. The van der Waals surface area contributed by atoms with Crippen LogP contribution in [-0.4, -0.2) is 18.6 Å². The lowest BCUT2D eigenvalue weighted by atomic mass is 10.0. The third-order valence-electron chi connectivity index (χ3n) is 2.77. The molecule has 1 unspecified atom stereocenters. The number of aldehydes is 1. The normalized spacial score (nSPS) is 18.6. The van der Waals surface area contributed by atoms with Crippen LogP contribution in [0.3, 0.4) is 0 Å². The summed E-state index contributed by atoms with van der Waals surface area (Å²) in [5.41, 5.74) is -0.240. The van der Waals surface area contributed by atoms with Crippen molar-refractivity contribution in [2.45, 2.75) is 18.7 Å². The zero-order valence-corrected chi connectivity index (χ0v) is 11.7. The molecular formula is C14H10BrF3O2. The SMILES string of the molecule is O=Cc1cc(OC2C=CC(C(F)(F)F)=CC2)ccc1Br. The molecule has 0 aromatic heterocycles. The zero-order valence-electron chi connectivity index (χ0n) is 10.2. The summed E-state index contributed by atoms with van der Waals surface area (Å²) in [6.45, 7) is 0. The minimum Gasteiger partial charge on any atom is -0.486 e. The fraction of sp³-hybridized carbons (Fsp3) is 0.214. The van der Waals surface area contributed by atoms with E-state index in [1.807, 2.05) is 0 Å². The Morgan fingerprint density at radius 2 is 2.10 bits per heavy atom. The number of alkyl halides is 3. The van der Waals surface area contributed by atoms with Gasteiger partial charge >= 0.3 is 6.18 Å². The van der Waals surface area contributed by atoms with Crippen LogP contribution in [-0.2, 0) is 0 Å². The molecule has 0 radical (unpaired) electrons. The Morgan fingerprint density at radius 1 is 1.35 bits per heavy atom. The van der Waals surface area contributed by atoms with Crippen LogP contribution in [0.25, 0.3) is 0 Å². The van der Waals surface area contributed by atoms with Gasteiger partial charge in [0.15, 0.2) is 6.29 Å². The maximum absolute atomic E-state index is 12.4. The lowest BCUT2D eigenvalue weighted by Crippen LogP contribution is -2.19. The summed E-state index contributed by atoms with van der Waals surface area (Å²) in [7, 11) is 0. The molecule has 0 saturated heterocycles. The van der Waals surface area contributed by atoms with E-state index in [1.165, 1.54) is 12.1 Å². The number of carbonyl (C=O) groups is 1. The van der Waals surface area contributed by atoms with E-state index in [9.17, 15) is 18.0 Å². The molecule has 2 nitrogen and oxygen atoms in total. The van der Waals surface area contributed by atoms with E-state index >= 15 is 0 Å². The first-order valence-electron chi connectivity index (χ1n) is 5.77. The Morgan fingerprint density at radius 3 is 2.65 bits per heavy atom. The van der Waals surface area contributed by atoms with Crippen LogP contribution in [0.2, 0.25) is 0 Å². The van der Waals surface area contributed by atoms with Gasteiger partial charge < -0.3 is 4.74 Å². The van der Waals surface area contributed by atoms with Gasteiger partial charge in [0.2, 0.25) is 0 Å². The second kappa shape index (κ2) is 5.83. The van der Waals surface area contributed by atoms with E-state index in [4.69, 9.17) is 4.74 Å². The summed E-state index contributed by atoms with van der Waals surface area (Å²) >= 11 is 3.21. The summed E-state index contributed by atoms with van der Waals surface area (Å²) in [5.74, 6) is 0.439. The van der Waals surface area contributed by atoms with E-state index in [2.05, 4.69) is 15.9 Å². The molecule has 1 aliphatic rings. The fourth-order valence-corrected chi connectivity index (χ4v) is 2.10. The number of halogens is 4. The van der Waals surface area contributed by atoms with Crippen molar-refractivity contribution in [1.82, 2.24) is 0 Å². The molecule has 0 aliphatic heterocycles. The van der Waals surface area contributed by atoms with Crippen molar-refractivity contribution in [2.75, 3.05) is 0 Å². The molecule has 0 saturated carbocycles. The van der Waals surface area contributed by atoms with Gasteiger partial charge in [-0.3, -0.25) is 4.79 Å². The van der Waals surface area contributed by atoms with Gasteiger partial charge in [0, 0.05) is 16.5 Å². The van der Waals surface area contributed by atoms with Gasteiger partial charge in [0.25, 0.3) is 0 Å². The molecule has 0 amide bonds. The molecule has 0 N–H and O–H groups in total. The lowest BCUT2D eigenvalue weighted by molar-refractivity contribution is -0.0888. The molecule has 106 valence electrons. The van der Waals surface area contributed by atoms with E-state index < -0.39 is 17.9 Å². The zero-order chi connectivity index (χ0) is 14.8. The Balaban J connectivity index is 2.05. The van der Waals surface area contributed by atoms with Crippen molar-refractivity contribution in [2.24, 2.45) is 0 Å². The van der Waals surface area contributed by atoms with Crippen molar-refractivity contribution in [3.8, 4) is 5.75 Å². The molecule has 2 rings (SSSR count). The molecule has 0 spiro atoms. The van der Waals surface area contributed by atoms with Crippen molar-refractivity contribution >= 4 is 22.2 Å². The minimum absolute atomic E-state index is 0.137. The highest BCUT2D eigenvalue weighted by atomic mass is 79.9. The predicted molar refractivity (Wildman–Crippen MR) is 71.8 cm³/mol. The molecule has 0 bridgehead atoms. The van der Waals surface area contributed by atoms with Gasteiger partial charge in [-0.15, -0.1) is 0 Å². The number of hydrogen-bond acceptors (Lipinski definition) is 2. The number of allylic oxidation sites excluding steroid dienone is 2. The monoisotopic (exact) mass is 346 g/mol. The summed E-state index contributed by atoms with van der Waals surface area (Å²) in [6, 6.07) is 4.84. The van der Waals surface area contributed by atoms with Gasteiger partial charge in [-0.2, -0.15) is 13.2 Å². The first kappa shape index (κ1) is 14.8. The Labute approximate surface area is 122 Å². The van der Waals surface area contributed by atoms with Crippen molar-refractivity contribution < 1.29 is 22.7 Å². The van der Waals surface area contributed by atoms with Gasteiger partial charge in [0.1, 0.15) is 11.9 Å². The number of carbonyl (C=O) groups excluding carboxylic acids is 1. The van der Waals surface area contributed by atoms with E-state index in [-0.39, 0.29) is 6.42 Å². The molecule has 6 heteroatoms. The summed E-state index contributed by atoms with van der Waals surface area (Å²) < 4.78 is 43.5. The van der Waals surface area contributed by atoms with Crippen LogP contribution >= 0.6 is 15.9 Å². The Kier molecular flexibility index (Phi) is 4.32. The quantitative estimate of drug-likeness (QED) is 0.755. The number of rotatable bonds is 3. The Bertz CT molecular complexity index is 576. The van der Waals surface area contributed by atoms with Crippen LogP contribution in [0.5, 0.6) is 5.75 Å². The first-order chi connectivity index (χ1) is 9.40. The minimum atomic E-state index is -4.33. The third kappa shape index (κ3) is 3.50. The maximum Gasteiger partial charge on any atom is 0.416 e. The topological polar surface area (TPSA) is 26.3 Å². The van der Waals surface area contributed by atoms with Crippen molar-refractivity contribution in [1.29, 1.82) is 0 Å². The van der Waals surface area contributed by atoms with Crippen LogP contribution in [0.1, 0.15) is 16.8 Å². The summed E-state index contributed by atoms with van der Waals surface area (Å²) in [5, 5.41) is 0. The standard InChI is InChI=1S/C14H10BrF3O2/c15-13-6-5-12(7-9(13)8-19)20-11-3-1-10(2-4-11)14(16,17)18/h1-3,5-8,11H,4H2. The first-order valence-corrected chi connectivity index (χ1v) is 6.56. The van der Waals surface area contributed by atoms with Gasteiger partial charge in [0.05, 0.1) is 5.57 Å². The van der Waals surface area contributed by atoms with Crippen LogP contribution in [0, 0.1) is 0 Å².